The predicted octanol–water partition coefficient (Wildman–Crippen LogP) is 0.0469. The molecule has 0 bridgehead atoms. The highest BCUT2D eigenvalue weighted by molar-refractivity contribution is 6.38. The van der Waals surface area contributed by atoms with E-state index in [1.807, 2.05) is 0 Å². The molecule has 4 nitrogen and oxygen atoms in total. The fourth-order valence-corrected chi connectivity index (χ4v) is 1.32. The molecule has 2 rings (SSSR count). The first-order chi connectivity index (χ1) is 6.36. The molecule has 1 fully saturated rings. The van der Waals surface area contributed by atoms with Crippen molar-refractivity contribution in [1.82, 2.24) is 10.6 Å². The van der Waals surface area contributed by atoms with E-state index in [0.717, 1.165) is 38.8 Å². The van der Waals surface area contributed by atoms with Gasteiger partial charge < -0.3 is 10.6 Å². The van der Waals surface area contributed by atoms with Crippen molar-refractivity contribution in [3.05, 3.63) is 0 Å². The topological polar surface area (TPSA) is 53.5 Å². The van der Waals surface area contributed by atoms with Gasteiger partial charge in [0.15, 0.2) is 5.84 Å². The van der Waals surface area contributed by atoms with Gasteiger partial charge in [-0.25, -0.2) is 0 Å². The molecule has 72 valence electrons. The van der Waals surface area contributed by atoms with Crippen molar-refractivity contribution >= 4 is 11.7 Å². The predicted molar refractivity (Wildman–Crippen MR) is 50.7 cm³/mol. The van der Waals surface area contributed by atoms with Crippen LogP contribution in [0.25, 0.3) is 0 Å². The highest BCUT2D eigenvalue weighted by Gasteiger charge is 2.25. The summed E-state index contributed by atoms with van der Waals surface area (Å²) in [5.74, 6) is 0.508. The van der Waals surface area contributed by atoms with Crippen LogP contribution in [-0.4, -0.2) is 30.9 Å². The Kier molecular flexibility index (Phi) is 2.47. The summed E-state index contributed by atoms with van der Waals surface area (Å²) < 4.78 is 0. The Balaban J connectivity index is 1.88. The van der Waals surface area contributed by atoms with E-state index in [9.17, 15) is 4.79 Å². The van der Waals surface area contributed by atoms with Gasteiger partial charge >= 0.3 is 0 Å². The summed E-state index contributed by atoms with van der Waals surface area (Å²) in [5, 5.41) is 5.97. The van der Waals surface area contributed by atoms with Crippen LogP contribution in [0.3, 0.4) is 0 Å². The SMILES string of the molecule is O=C(NC1CC1)C1=NCCCCN1. The van der Waals surface area contributed by atoms with Crippen LogP contribution in [0.5, 0.6) is 0 Å². The van der Waals surface area contributed by atoms with Crippen LogP contribution in [0.4, 0.5) is 0 Å². The van der Waals surface area contributed by atoms with E-state index >= 15 is 0 Å². The Morgan fingerprint density at radius 3 is 3.08 bits per heavy atom. The molecule has 1 saturated carbocycles. The lowest BCUT2D eigenvalue weighted by Crippen LogP contribution is -2.40. The van der Waals surface area contributed by atoms with Gasteiger partial charge in [0.05, 0.1) is 0 Å². The quantitative estimate of drug-likeness (QED) is 0.632. The maximum Gasteiger partial charge on any atom is 0.286 e. The number of amidine groups is 1. The van der Waals surface area contributed by atoms with E-state index in [4.69, 9.17) is 0 Å². The van der Waals surface area contributed by atoms with Gasteiger partial charge in [-0.1, -0.05) is 0 Å². The second kappa shape index (κ2) is 3.77. The molecule has 1 amide bonds. The molecule has 0 spiro atoms. The molecule has 2 aliphatic rings. The average Bonchev–Trinajstić information content (AvgIpc) is 2.87. The third kappa shape index (κ3) is 2.44. The van der Waals surface area contributed by atoms with E-state index in [-0.39, 0.29) is 5.91 Å². The van der Waals surface area contributed by atoms with Crippen LogP contribution in [0, 0.1) is 0 Å². The Hall–Kier alpha value is -1.06. The maximum atomic E-state index is 11.5. The summed E-state index contributed by atoms with van der Waals surface area (Å²) in [7, 11) is 0. The van der Waals surface area contributed by atoms with Crippen molar-refractivity contribution in [2.24, 2.45) is 4.99 Å². The summed E-state index contributed by atoms with van der Waals surface area (Å²) in [5.41, 5.74) is 0. The molecule has 0 aromatic heterocycles. The molecule has 1 heterocycles. The fraction of sp³-hybridized carbons (Fsp3) is 0.778. The maximum absolute atomic E-state index is 11.5. The van der Waals surface area contributed by atoms with Crippen LogP contribution in [-0.2, 0) is 4.79 Å². The van der Waals surface area contributed by atoms with Gasteiger partial charge in [-0.3, -0.25) is 9.79 Å². The van der Waals surface area contributed by atoms with Gasteiger partial charge in [0, 0.05) is 19.1 Å². The first kappa shape index (κ1) is 8.53. The summed E-state index contributed by atoms with van der Waals surface area (Å²) in [6, 6.07) is 0.417. The highest BCUT2D eigenvalue weighted by atomic mass is 16.2. The largest absolute Gasteiger partial charge is 0.366 e. The molecule has 0 aromatic carbocycles. The van der Waals surface area contributed by atoms with E-state index in [0.29, 0.717) is 11.9 Å². The van der Waals surface area contributed by atoms with Crippen molar-refractivity contribution in [3.8, 4) is 0 Å². The Morgan fingerprint density at radius 2 is 2.31 bits per heavy atom. The van der Waals surface area contributed by atoms with Crippen molar-refractivity contribution in [1.29, 1.82) is 0 Å². The van der Waals surface area contributed by atoms with Crippen molar-refractivity contribution in [2.75, 3.05) is 13.1 Å². The molecule has 0 aromatic rings. The first-order valence-electron chi connectivity index (χ1n) is 4.95. The first-order valence-corrected chi connectivity index (χ1v) is 4.95. The van der Waals surface area contributed by atoms with Crippen molar-refractivity contribution in [3.63, 3.8) is 0 Å². The zero-order valence-corrected chi connectivity index (χ0v) is 7.68. The molecule has 4 heteroatoms. The number of nitrogens with one attached hydrogen (secondary N) is 2. The van der Waals surface area contributed by atoms with Gasteiger partial charge in [-0.05, 0) is 25.7 Å². The van der Waals surface area contributed by atoms with Gasteiger partial charge in [-0.2, -0.15) is 0 Å². The minimum Gasteiger partial charge on any atom is -0.366 e. The molecule has 0 unspecified atom stereocenters. The lowest BCUT2D eigenvalue weighted by atomic mass is 10.3. The fourth-order valence-electron chi connectivity index (χ4n) is 1.32. The second-order valence-corrected chi connectivity index (χ2v) is 3.61. The van der Waals surface area contributed by atoms with Crippen LogP contribution < -0.4 is 10.6 Å². The van der Waals surface area contributed by atoms with Gasteiger partial charge in [0.2, 0.25) is 0 Å². The summed E-state index contributed by atoms with van der Waals surface area (Å²) in [4.78, 5) is 15.7. The van der Waals surface area contributed by atoms with E-state index in [1.54, 1.807) is 0 Å². The molecule has 0 radical (unpaired) electrons. The van der Waals surface area contributed by atoms with E-state index in [1.165, 1.54) is 0 Å². The Bertz CT molecular complexity index is 233. The molecular weight excluding hydrogens is 166 g/mol. The monoisotopic (exact) mass is 181 g/mol. The lowest BCUT2D eigenvalue weighted by molar-refractivity contribution is -0.115. The van der Waals surface area contributed by atoms with Crippen LogP contribution in [0.2, 0.25) is 0 Å². The van der Waals surface area contributed by atoms with Gasteiger partial charge in [0.1, 0.15) is 0 Å². The number of carbonyl (C=O) groups excluding carboxylic acids is 1. The minimum absolute atomic E-state index is 0.0237. The molecule has 0 saturated heterocycles. The summed E-state index contributed by atoms with van der Waals surface area (Å²) >= 11 is 0. The Labute approximate surface area is 77.8 Å². The second-order valence-electron chi connectivity index (χ2n) is 3.61. The summed E-state index contributed by atoms with van der Waals surface area (Å²) in [6.45, 7) is 1.65. The minimum atomic E-state index is -0.0237. The van der Waals surface area contributed by atoms with Gasteiger partial charge in [0.25, 0.3) is 5.91 Å². The number of rotatable bonds is 2. The number of hydrogen-bond donors (Lipinski definition) is 2. The smallest absolute Gasteiger partial charge is 0.286 e. The van der Waals surface area contributed by atoms with E-state index < -0.39 is 0 Å². The number of amides is 1. The third-order valence-electron chi connectivity index (χ3n) is 2.27. The standard InChI is InChI=1S/C9H15N3O/c13-9(12-7-3-4-7)8-10-5-1-2-6-11-8/h7H,1-6H2,(H,10,11)(H,12,13). The molecule has 0 atom stereocenters. The lowest BCUT2D eigenvalue weighted by Gasteiger charge is -2.06. The van der Waals surface area contributed by atoms with Crippen molar-refractivity contribution < 1.29 is 4.79 Å². The molecular formula is C9H15N3O. The Morgan fingerprint density at radius 1 is 1.46 bits per heavy atom. The number of aliphatic imine (C=N–C) groups is 1. The number of carbonyl (C=O) groups is 1. The molecule has 13 heavy (non-hydrogen) atoms. The summed E-state index contributed by atoms with van der Waals surface area (Å²) in [6.07, 6.45) is 4.43. The van der Waals surface area contributed by atoms with E-state index in [2.05, 4.69) is 15.6 Å². The number of hydrogen-bond acceptors (Lipinski definition) is 3. The van der Waals surface area contributed by atoms with Crippen LogP contribution >= 0.6 is 0 Å². The third-order valence-corrected chi connectivity index (χ3v) is 2.27. The van der Waals surface area contributed by atoms with Gasteiger partial charge in [-0.15, -0.1) is 0 Å². The number of nitrogens with zero attached hydrogens (tertiary/aromatic N) is 1. The zero-order valence-electron chi connectivity index (χ0n) is 7.68. The average molecular weight is 181 g/mol. The normalized spacial score (nSPS) is 22.6. The zero-order chi connectivity index (χ0) is 9.10. The van der Waals surface area contributed by atoms with Crippen LogP contribution in [0.15, 0.2) is 4.99 Å². The molecule has 1 aliphatic carbocycles. The highest BCUT2D eigenvalue weighted by Crippen LogP contribution is 2.18. The van der Waals surface area contributed by atoms with Crippen LogP contribution in [0.1, 0.15) is 25.7 Å². The van der Waals surface area contributed by atoms with Crippen molar-refractivity contribution in [2.45, 2.75) is 31.7 Å². The molecule has 2 N–H and O–H groups in total. The molecule has 1 aliphatic heterocycles.